The molecule has 0 fully saturated rings. The lowest BCUT2D eigenvalue weighted by Crippen LogP contribution is -2.22. The Hall–Kier alpha value is -1.77. The molecule has 0 bridgehead atoms. The summed E-state index contributed by atoms with van der Waals surface area (Å²) in [7, 11) is -1.71. The van der Waals surface area contributed by atoms with Crippen molar-refractivity contribution in [3.05, 3.63) is 41.5 Å². The summed E-state index contributed by atoms with van der Waals surface area (Å²) in [5, 5.41) is 9.10. The van der Waals surface area contributed by atoms with Crippen LogP contribution in [0.15, 0.2) is 33.7 Å². The average molecular weight is 352 g/mol. The van der Waals surface area contributed by atoms with E-state index < -0.39 is 10.0 Å². The number of sulfonamides is 1. The molecular weight excluding hydrogens is 328 g/mol. The fourth-order valence-electron chi connectivity index (χ4n) is 2.33. The number of nitrogens with zero attached hydrogens (tertiary/aromatic N) is 3. The van der Waals surface area contributed by atoms with Crippen LogP contribution in [-0.4, -0.2) is 30.5 Å². The van der Waals surface area contributed by atoms with Gasteiger partial charge in [-0.3, -0.25) is 4.90 Å². The van der Waals surface area contributed by atoms with Gasteiger partial charge in [0, 0.05) is 12.5 Å². The smallest absolute Gasteiger partial charge is 0.240 e. The SMILES string of the molecule is CCCCc1noc(CN(C)C(C)c2ccc(S(N)(=O)=O)cc2)n1. The van der Waals surface area contributed by atoms with Crippen molar-refractivity contribution < 1.29 is 12.9 Å². The minimum Gasteiger partial charge on any atom is -0.338 e. The van der Waals surface area contributed by atoms with Gasteiger partial charge in [-0.1, -0.05) is 30.6 Å². The second-order valence-electron chi connectivity index (χ2n) is 5.91. The summed E-state index contributed by atoms with van der Waals surface area (Å²) in [6.07, 6.45) is 2.96. The highest BCUT2D eigenvalue weighted by molar-refractivity contribution is 7.89. The first-order valence-corrected chi connectivity index (χ1v) is 9.50. The van der Waals surface area contributed by atoms with Gasteiger partial charge in [-0.2, -0.15) is 4.98 Å². The summed E-state index contributed by atoms with van der Waals surface area (Å²) in [5.41, 5.74) is 0.982. The Morgan fingerprint density at radius 3 is 2.54 bits per heavy atom. The summed E-state index contributed by atoms with van der Waals surface area (Å²) < 4.78 is 27.9. The fraction of sp³-hybridized carbons (Fsp3) is 0.500. The van der Waals surface area contributed by atoms with Gasteiger partial charge in [-0.05, 0) is 38.1 Å². The van der Waals surface area contributed by atoms with E-state index in [4.69, 9.17) is 9.66 Å². The molecule has 1 atom stereocenters. The number of aryl methyl sites for hydroxylation is 1. The zero-order valence-corrected chi connectivity index (χ0v) is 15.1. The van der Waals surface area contributed by atoms with Crippen molar-refractivity contribution >= 4 is 10.0 Å². The zero-order chi connectivity index (χ0) is 17.7. The first-order valence-electron chi connectivity index (χ1n) is 7.95. The number of nitrogens with two attached hydrogens (primary N) is 1. The molecule has 1 unspecified atom stereocenters. The van der Waals surface area contributed by atoms with Gasteiger partial charge in [-0.15, -0.1) is 0 Å². The first kappa shape index (κ1) is 18.6. The Labute approximate surface area is 142 Å². The van der Waals surface area contributed by atoms with Crippen molar-refractivity contribution in [2.75, 3.05) is 7.05 Å². The highest BCUT2D eigenvalue weighted by atomic mass is 32.2. The van der Waals surface area contributed by atoms with Gasteiger partial charge in [0.2, 0.25) is 15.9 Å². The van der Waals surface area contributed by atoms with Crippen LogP contribution in [0.5, 0.6) is 0 Å². The number of primary sulfonamides is 1. The van der Waals surface area contributed by atoms with Gasteiger partial charge in [0.15, 0.2) is 5.82 Å². The Balaban J connectivity index is 2.01. The van der Waals surface area contributed by atoms with Crippen molar-refractivity contribution in [2.45, 2.75) is 50.6 Å². The van der Waals surface area contributed by atoms with Crippen LogP contribution in [0.3, 0.4) is 0 Å². The quantitative estimate of drug-likeness (QED) is 0.782. The molecule has 0 radical (unpaired) electrons. The molecule has 0 saturated carbocycles. The van der Waals surface area contributed by atoms with Gasteiger partial charge in [0.1, 0.15) is 0 Å². The van der Waals surface area contributed by atoms with E-state index in [9.17, 15) is 8.42 Å². The summed E-state index contributed by atoms with van der Waals surface area (Å²) in [4.78, 5) is 6.56. The van der Waals surface area contributed by atoms with Gasteiger partial charge >= 0.3 is 0 Å². The lowest BCUT2D eigenvalue weighted by atomic mass is 10.1. The Bertz CT molecular complexity index is 756. The molecule has 8 heteroatoms. The van der Waals surface area contributed by atoms with Crippen molar-refractivity contribution in [3.8, 4) is 0 Å². The Kier molecular flexibility index (Phi) is 6.09. The van der Waals surface area contributed by atoms with E-state index in [0.29, 0.717) is 12.4 Å². The standard InChI is InChI=1S/C16H24N4O3S/c1-4-5-6-15-18-16(23-19-15)11-20(3)12(2)13-7-9-14(10-8-13)24(17,21)22/h7-10,12H,4-6,11H2,1-3H3,(H2,17,21,22). The van der Waals surface area contributed by atoms with Crippen LogP contribution >= 0.6 is 0 Å². The van der Waals surface area contributed by atoms with Crippen LogP contribution in [0.1, 0.15) is 50.0 Å². The number of unbranched alkanes of at least 4 members (excludes halogenated alkanes) is 1. The lowest BCUT2D eigenvalue weighted by Gasteiger charge is -2.23. The summed E-state index contributed by atoms with van der Waals surface area (Å²) in [6.45, 7) is 4.68. The third-order valence-corrected chi connectivity index (χ3v) is 4.93. The molecule has 7 nitrogen and oxygen atoms in total. The summed E-state index contributed by atoms with van der Waals surface area (Å²) in [5.74, 6) is 1.32. The van der Waals surface area contributed by atoms with Crippen molar-refractivity contribution in [1.29, 1.82) is 0 Å². The third-order valence-electron chi connectivity index (χ3n) is 4.00. The summed E-state index contributed by atoms with van der Waals surface area (Å²) in [6, 6.07) is 6.63. The van der Waals surface area contributed by atoms with Crippen LogP contribution in [0.2, 0.25) is 0 Å². The van der Waals surface area contributed by atoms with Crippen molar-refractivity contribution in [1.82, 2.24) is 15.0 Å². The number of benzene rings is 1. The van der Waals surface area contributed by atoms with Crippen LogP contribution in [0.25, 0.3) is 0 Å². The van der Waals surface area contributed by atoms with E-state index in [1.165, 1.54) is 12.1 Å². The van der Waals surface area contributed by atoms with Crippen molar-refractivity contribution in [2.24, 2.45) is 5.14 Å². The van der Waals surface area contributed by atoms with Gasteiger partial charge in [0.25, 0.3) is 0 Å². The van der Waals surface area contributed by atoms with Crippen LogP contribution in [-0.2, 0) is 23.0 Å². The first-order chi connectivity index (χ1) is 11.3. The lowest BCUT2D eigenvalue weighted by molar-refractivity contribution is 0.216. The molecule has 0 aliphatic heterocycles. The molecule has 0 saturated heterocycles. The molecule has 2 aromatic rings. The highest BCUT2D eigenvalue weighted by Gasteiger charge is 2.16. The molecule has 0 spiro atoms. The average Bonchev–Trinajstić information content (AvgIpc) is 2.98. The Morgan fingerprint density at radius 1 is 1.29 bits per heavy atom. The number of rotatable bonds is 8. The Morgan fingerprint density at radius 2 is 1.96 bits per heavy atom. The fourth-order valence-corrected chi connectivity index (χ4v) is 2.85. The molecular formula is C16H24N4O3S. The maximum absolute atomic E-state index is 11.3. The molecule has 24 heavy (non-hydrogen) atoms. The third kappa shape index (κ3) is 4.86. The van der Waals surface area contributed by atoms with E-state index in [1.54, 1.807) is 12.1 Å². The molecule has 132 valence electrons. The molecule has 2 N–H and O–H groups in total. The van der Waals surface area contributed by atoms with E-state index in [1.807, 2.05) is 14.0 Å². The predicted octanol–water partition coefficient (Wildman–Crippen LogP) is 2.25. The zero-order valence-electron chi connectivity index (χ0n) is 14.3. The molecule has 2 rings (SSSR count). The van der Waals surface area contributed by atoms with Crippen molar-refractivity contribution in [3.63, 3.8) is 0 Å². The minimum absolute atomic E-state index is 0.0607. The van der Waals surface area contributed by atoms with Gasteiger partial charge < -0.3 is 4.52 Å². The van der Waals surface area contributed by atoms with Crippen LogP contribution in [0, 0.1) is 0 Å². The molecule has 0 aliphatic rings. The number of hydrogen-bond donors (Lipinski definition) is 1. The summed E-state index contributed by atoms with van der Waals surface area (Å²) >= 11 is 0. The maximum Gasteiger partial charge on any atom is 0.240 e. The molecule has 1 heterocycles. The van der Waals surface area contributed by atoms with Crippen LogP contribution < -0.4 is 5.14 Å². The minimum atomic E-state index is -3.67. The van der Waals surface area contributed by atoms with Gasteiger partial charge in [0.05, 0.1) is 11.4 Å². The molecule has 1 aromatic heterocycles. The topological polar surface area (TPSA) is 102 Å². The monoisotopic (exact) mass is 352 g/mol. The molecule has 0 aliphatic carbocycles. The van der Waals surface area contributed by atoms with Crippen LogP contribution in [0.4, 0.5) is 0 Å². The molecule has 1 aromatic carbocycles. The van der Waals surface area contributed by atoms with E-state index in [2.05, 4.69) is 22.0 Å². The van der Waals surface area contributed by atoms with E-state index >= 15 is 0 Å². The molecule has 0 amide bonds. The van der Waals surface area contributed by atoms with E-state index in [0.717, 1.165) is 30.7 Å². The number of aromatic nitrogens is 2. The second kappa shape index (κ2) is 7.87. The second-order valence-corrected chi connectivity index (χ2v) is 7.47. The predicted molar refractivity (Wildman–Crippen MR) is 90.6 cm³/mol. The highest BCUT2D eigenvalue weighted by Crippen LogP contribution is 2.21. The normalized spacial score (nSPS) is 13.4. The largest absolute Gasteiger partial charge is 0.338 e. The number of hydrogen-bond acceptors (Lipinski definition) is 6. The van der Waals surface area contributed by atoms with E-state index in [-0.39, 0.29) is 10.9 Å². The van der Waals surface area contributed by atoms with Gasteiger partial charge in [-0.25, -0.2) is 13.6 Å². The maximum atomic E-state index is 11.3.